The summed E-state index contributed by atoms with van der Waals surface area (Å²) in [7, 11) is 0. The van der Waals surface area contributed by atoms with Crippen LogP contribution < -0.4 is 5.32 Å². The van der Waals surface area contributed by atoms with Crippen LogP contribution in [-0.2, 0) is 16.1 Å². The fourth-order valence-corrected chi connectivity index (χ4v) is 5.79. The number of carbonyl (C=O) groups is 2. The first kappa shape index (κ1) is 25.8. The molecule has 3 atom stereocenters. The summed E-state index contributed by atoms with van der Waals surface area (Å²) < 4.78 is 0. The molecule has 0 spiro atoms. The van der Waals surface area contributed by atoms with E-state index < -0.39 is 24.0 Å². The van der Waals surface area contributed by atoms with E-state index >= 15 is 0 Å². The molecule has 0 bridgehead atoms. The maximum absolute atomic E-state index is 13.0. The summed E-state index contributed by atoms with van der Waals surface area (Å²) in [6.07, 6.45) is 1.44. The minimum atomic E-state index is -1.85. The van der Waals surface area contributed by atoms with Crippen molar-refractivity contribution in [3.05, 3.63) is 102 Å². The molecule has 4 aromatic rings. The standard InChI is InChI=1S/C30H29N3O4S/c34-26(27(35)30(37)33-17-4-7-25(33)22-5-2-1-3-6-22)29(36)32-19-20-8-10-23(11-9-20)28-24(14-18-38-28)21-12-15-31-16-13-21/h1-3,5-6,8-16,18,25-27,34-35H,4,7,17,19H2,(H,32,36)/t25-,26-,27-/m1/s1. The molecule has 0 aliphatic carbocycles. The first-order chi connectivity index (χ1) is 18.5. The van der Waals surface area contributed by atoms with Crippen molar-refractivity contribution in [2.45, 2.75) is 37.6 Å². The quantitative estimate of drug-likeness (QED) is 0.319. The molecule has 8 heteroatoms. The molecule has 3 N–H and O–H groups in total. The third-order valence-electron chi connectivity index (χ3n) is 6.88. The Bertz CT molecular complexity index is 1380. The molecule has 1 saturated heterocycles. The van der Waals surface area contributed by atoms with Crippen molar-refractivity contribution in [2.24, 2.45) is 0 Å². The molecule has 2 aromatic heterocycles. The van der Waals surface area contributed by atoms with Crippen LogP contribution in [0.25, 0.3) is 21.6 Å². The molecular formula is C30H29N3O4S. The zero-order chi connectivity index (χ0) is 26.5. The lowest BCUT2D eigenvalue weighted by molar-refractivity contribution is -0.153. The molecule has 2 aromatic carbocycles. The van der Waals surface area contributed by atoms with Crippen molar-refractivity contribution in [2.75, 3.05) is 6.54 Å². The smallest absolute Gasteiger partial charge is 0.255 e. The first-order valence-electron chi connectivity index (χ1n) is 12.6. The Morgan fingerprint density at radius 2 is 1.68 bits per heavy atom. The molecule has 0 radical (unpaired) electrons. The summed E-state index contributed by atoms with van der Waals surface area (Å²) in [4.78, 5) is 32.3. The predicted molar refractivity (Wildman–Crippen MR) is 147 cm³/mol. The van der Waals surface area contributed by atoms with E-state index in [4.69, 9.17) is 0 Å². The summed E-state index contributed by atoms with van der Waals surface area (Å²) in [5.74, 6) is -1.42. The molecule has 0 saturated carbocycles. The van der Waals surface area contributed by atoms with Crippen molar-refractivity contribution >= 4 is 23.2 Å². The van der Waals surface area contributed by atoms with Gasteiger partial charge in [-0.25, -0.2) is 0 Å². The van der Waals surface area contributed by atoms with Gasteiger partial charge in [0.2, 0.25) is 0 Å². The van der Waals surface area contributed by atoms with E-state index in [0.717, 1.165) is 45.5 Å². The third kappa shape index (κ3) is 5.52. The van der Waals surface area contributed by atoms with Crippen molar-refractivity contribution in [1.82, 2.24) is 15.2 Å². The first-order valence-corrected chi connectivity index (χ1v) is 13.5. The monoisotopic (exact) mass is 527 g/mol. The average molecular weight is 528 g/mol. The number of aromatic nitrogens is 1. The van der Waals surface area contributed by atoms with Crippen LogP contribution >= 0.6 is 11.3 Å². The lowest BCUT2D eigenvalue weighted by Crippen LogP contribution is -2.50. The van der Waals surface area contributed by atoms with Gasteiger partial charge in [-0.15, -0.1) is 11.3 Å². The molecule has 2 amide bonds. The molecule has 194 valence electrons. The zero-order valence-corrected chi connectivity index (χ0v) is 21.6. The van der Waals surface area contributed by atoms with Gasteiger partial charge in [0.25, 0.3) is 11.8 Å². The molecule has 1 fully saturated rings. The van der Waals surface area contributed by atoms with Crippen LogP contribution in [-0.4, -0.2) is 50.7 Å². The van der Waals surface area contributed by atoms with Crippen LogP contribution in [0.3, 0.4) is 0 Å². The Kier molecular flexibility index (Phi) is 7.93. The SMILES string of the molecule is O=C(NCc1ccc(-c2sccc2-c2ccncc2)cc1)[C@H](O)[C@@H](O)C(=O)N1CCC[C@@H]1c1ccccc1. The van der Waals surface area contributed by atoms with E-state index in [9.17, 15) is 19.8 Å². The number of nitrogens with one attached hydrogen (secondary N) is 1. The van der Waals surface area contributed by atoms with Gasteiger partial charge in [-0.05, 0) is 58.7 Å². The van der Waals surface area contributed by atoms with Crippen LogP contribution in [0.1, 0.15) is 30.0 Å². The molecule has 7 nitrogen and oxygen atoms in total. The summed E-state index contributed by atoms with van der Waals surface area (Å²) in [6, 6.07) is 23.3. The molecule has 5 rings (SSSR count). The number of pyridine rings is 1. The maximum Gasteiger partial charge on any atom is 0.255 e. The molecule has 1 aliphatic heterocycles. The minimum absolute atomic E-state index is 0.162. The summed E-state index contributed by atoms with van der Waals surface area (Å²) in [5, 5.41) is 25.7. The second kappa shape index (κ2) is 11.7. The molecule has 1 aliphatic rings. The predicted octanol–water partition coefficient (Wildman–Crippen LogP) is 4.18. The lowest BCUT2D eigenvalue weighted by atomic mass is 10.0. The highest BCUT2D eigenvalue weighted by Gasteiger charge is 2.38. The molecule has 0 unspecified atom stereocenters. The van der Waals surface area contributed by atoms with Crippen LogP contribution in [0.5, 0.6) is 0 Å². The van der Waals surface area contributed by atoms with Gasteiger partial charge in [0, 0.05) is 35.9 Å². The highest BCUT2D eigenvalue weighted by Crippen LogP contribution is 2.36. The number of likely N-dealkylation sites (tertiary alicyclic amines) is 1. The Labute approximate surface area is 225 Å². The fourth-order valence-electron chi connectivity index (χ4n) is 4.86. The number of aliphatic hydroxyl groups excluding tert-OH is 2. The number of hydrogen-bond acceptors (Lipinski definition) is 6. The topological polar surface area (TPSA) is 103 Å². The highest BCUT2D eigenvalue weighted by atomic mass is 32.1. The van der Waals surface area contributed by atoms with Gasteiger partial charge in [0.15, 0.2) is 12.2 Å². The largest absolute Gasteiger partial charge is 0.380 e. The Morgan fingerprint density at radius 1 is 0.947 bits per heavy atom. The van der Waals surface area contributed by atoms with Gasteiger partial charge < -0.3 is 20.4 Å². The van der Waals surface area contributed by atoms with Gasteiger partial charge in [-0.1, -0.05) is 54.6 Å². The fraction of sp³-hybridized carbons (Fsp3) is 0.233. The van der Waals surface area contributed by atoms with Gasteiger partial charge in [0.05, 0.1) is 6.04 Å². The number of aliphatic hydroxyl groups is 2. The van der Waals surface area contributed by atoms with Crippen molar-refractivity contribution in [3.8, 4) is 21.6 Å². The normalized spacial score (nSPS) is 16.7. The van der Waals surface area contributed by atoms with Crippen molar-refractivity contribution < 1.29 is 19.8 Å². The van der Waals surface area contributed by atoms with Crippen LogP contribution in [0.4, 0.5) is 0 Å². The van der Waals surface area contributed by atoms with E-state index in [2.05, 4.69) is 21.7 Å². The number of carbonyl (C=O) groups excluding carboxylic acids is 2. The second-order valence-corrected chi connectivity index (χ2v) is 10.2. The van der Waals surface area contributed by atoms with Crippen LogP contribution in [0, 0.1) is 0 Å². The number of hydrogen-bond donors (Lipinski definition) is 3. The van der Waals surface area contributed by atoms with Gasteiger partial charge >= 0.3 is 0 Å². The number of nitrogens with zero attached hydrogens (tertiary/aromatic N) is 2. The van der Waals surface area contributed by atoms with Gasteiger partial charge in [-0.3, -0.25) is 14.6 Å². The van der Waals surface area contributed by atoms with E-state index in [0.29, 0.717) is 6.54 Å². The zero-order valence-electron chi connectivity index (χ0n) is 20.7. The van der Waals surface area contributed by atoms with Crippen LogP contribution in [0.2, 0.25) is 0 Å². The number of benzene rings is 2. The van der Waals surface area contributed by atoms with Crippen LogP contribution in [0.15, 0.2) is 90.6 Å². The summed E-state index contributed by atoms with van der Waals surface area (Å²) in [6.45, 7) is 0.637. The Morgan fingerprint density at radius 3 is 2.42 bits per heavy atom. The second-order valence-electron chi connectivity index (χ2n) is 9.30. The Hall–Kier alpha value is -3.85. The number of rotatable bonds is 8. The minimum Gasteiger partial charge on any atom is -0.380 e. The number of thiophene rings is 1. The van der Waals surface area contributed by atoms with Gasteiger partial charge in [-0.2, -0.15) is 0 Å². The van der Waals surface area contributed by atoms with Crippen molar-refractivity contribution in [3.63, 3.8) is 0 Å². The van der Waals surface area contributed by atoms with E-state index in [1.54, 1.807) is 28.6 Å². The maximum atomic E-state index is 13.0. The van der Waals surface area contributed by atoms with Crippen molar-refractivity contribution in [1.29, 1.82) is 0 Å². The summed E-state index contributed by atoms with van der Waals surface area (Å²) in [5.41, 5.74) is 5.09. The van der Waals surface area contributed by atoms with E-state index in [1.807, 2.05) is 66.7 Å². The molecule has 38 heavy (non-hydrogen) atoms. The third-order valence-corrected chi connectivity index (χ3v) is 7.84. The number of amides is 2. The Balaban J connectivity index is 1.18. The summed E-state index contributed by atoms with van der Waals surface area (Å²) >= 11 is 1.65. The van der Waals surface area contributed by atoms with Gasteiger partial charge in [0.1, 0.15) is 0 Å². The van der Waals surface area contributed by atoms with E-state index in [1.165, 1.54) is 0 Å². The molecular weight excluding hydrogens is 498 g/mol. The lowest BCUT2D eigenvalue weighted by Gasteiger charge is -2.28. The van der Waals surface area contributed by atoms with E-state index in [-0.39, 0.29) is 12.6 Å². The highest BCUT2D eigenvalue weighted by molar-refractivity contribution is 7.14. The average Bonchev–Trinajstić information content (AvgIpc) is 3.66. The molecule has 3 heterocycles.